The Hall–Kier alpha value is 0.680. The summed E-state index contributed by atoms with van der Waals surface area (Å²) in [7, 11) is -4.78. The van der Waals surface area contributed by atoms with E-state index in [1.54, 1.807) is 0 Å². The molecule has 0 radical (unpaired) electrons. The van der Waals surface area contributed by atoms with Crippen LogP contribution in [0.15, 0.2) is 0 Å². The van der Waals surface area contributed by atoms with Crippen molar-refractivity contribution < 1.29 is 27.7 Å². The predicted molar refractivity (Wildman–Crippen MR) is 198 cm³/mol. The van der Waals surface area contributed by atoms with Gasteiger partial charge < -0.3 is 18.8 Å². The Morgan fingerprint density at radius 1 is 0.400 bits per heavy atom. The molecule has 6 nitrogen and oxygen atoms in total. The highest BCUT2D eigenvalue weighted by molar-refractivity contribution is 8.08. The van der Waals surface area contributed by atoms with Crippen LogP contribution in [0, 0.1) is 0 Å². The number of unbranched alkanes of at least 4 members (excludes halogenated alkanes) is 30. The Bertz CT molecular complexity index is 648. The van der Waals surface area contributed by atoms with Crippen LogP contribution in [0.1, 0.15) is 219 Å². The minimum atomic E-state index is -4.78. The zero-order chi connectivity index (χ0) is 33.2. The summed E-state index contributed by atoms with van der Waals surface area (Å²) in [5.74, 6) is 0. The van der Waals surface area contributed by atoms with Crippen LogP contribution < -0.4 is 0 Å². The molecule has 0 aromatic rings. The third kappa shape index (κ3) is 37.4. The van der Waals surface area contributed by atoms with E-state index in [0.717, 1.165) is 38.5 Å². The van der Waals surface area contributed by atoms with Crippen molar-refractivity contribution in [3.05, 3.63) is 0 Å². The van der Waals surface area contributed by atoms with Gasteiger partial charge in [-0.2, -0.15) is 0 Å². The summed E-state index contributed by atoms with van der Waals surface area (Å²) in [6.45, 7) is 1.72. The Labute approximate surface area is 285 Å². The summed E-state index contributed by atoms with van der Waals surface area (Å²) in [5, 5.41) is 0. The van der Waals surface area contributed by atoms with Crippen LogP contribution in [0.3, 0.4) is 0 Å². The van der Waals surface area contributed by atoms with Gasteiger partial charge in [-0.3, -0.25) is 0 Å². The van der Waals surface area contributed by atoms with E-state index in [4.69, 9.17) is 25.2 Å². The molecule has 9 heteroatoms. The van der Waals surface area contributed by atoms with Gasteiger partial charge in [-0.1, -0.05) is 206 Å². The highest BCUT2D eigenvalue weighted by Crippen LogP contribution is 2.61. The molecular formula is C36H76O6P2S. The molecular weight excluding hydrogens is 622 g/mol. The third-order valence-corrected chi connectivity index (χ3v) is 12.6. The lowest BCUT2D eigenvalue weighted by Crippen LogP contribution is -2.02. The molecule has 0 fully saturated rings. The van der Waals surface area contributed by atoms with E-state index in [0.29, 0.717) is 13.2 Å². The molecule has 0 aromatic carbocycles. The van der Waals surface area contributed by atoms with Gasteiger partial charge >= 0.3 is 14.5 Å². The van der Waals surface area contributed by atoms with Gasteiger partial charge in [0, 0.05) is 0 Å². The highest BCUT2D eigenvalue weighted by atomic mass is 32.5. The molecule has 0 aliphatic carbocycles. The maximum atomic E-state index is 11.5. The molecule has 0 saturated heterocycles. The van der Waals surface area contributed by atoms with E-state index in [2.05, 4.69) is 13.8 Å². The average Bonchev–Trinajstić information content (AvgIpc) is 2.99. The molecule has 0 spiro atoms. The highest BCUT2D eigenvalue weighted by Gasteiger charge is 2.31. The van der Waals surface area contributed by atoms with Crippen molar-refractivity contribution in [1.29, 1.82) is 0 Å². The summed E-state index contributed by atoms with van der Waals surface area (Å²) in [5.41, 5.74) is 0. The monoisotopic (exact) mass is 698 g/mol. The smallest absolute Gasteiger partial charge is 0.308 e. The van der Waals surface area contributed by atoms with Crippen LogP contribution in [0.2, 0.25) is 0 Å². The van der Waals surface area contributed by atoms with E-state index < -0.39 is 14.5 Å². The molecule has 45 heavy (non-hydrogen) atoms. The standard InChI is InChI=1S/C36H76O6P2S/c1-3-5-7-9-11-13-15-17-19-21-23-25-27-29-31-33-35-40-44(45,42-43(37,38)39)41-36-34-32-30-28-26-24-22-20-18-16-14-12-10-8-6-4-2/h3-36H2,1-2H3,(H2,37,38,39). The van der Waals surface area contributed by atoms with Gasteiger partial charge in [-0.15, -0.1) is 0 Å². The fourth-order valence-electron chi connectivity index (χ4n) is 5.87. The molecule has 272 valence electrons. The first-order valence-electron chi connectivity index (χ1n) is 19.5. The zero-order valence-corrected chi connectivity index (χ0v) is 32.5. The van der Waals surface area contributed by atoms with Crippen molar-refractivity contribution in [2.45, 2.75) is 219 Å². The SMILES string of the molecule is CCCCCCCCCCCCCCCCCCOP(=S)(OCCCCCCCCCCCCCCCCCC)OP(=O)(O)O. The van der Waals surface area contributed by atoms with Gasteiger partial charge in [-0.05, 0) is 24.6 Å². The average molecular weight is 699 g/mol. The molecule has 0 rings (SSSR count). The Kier molecular flexibility index (Phi) is 35.1. The van der Waals surface area contributed by atoms with Crippen LogP contribution in [0.25, 0.3) is 0 Å². The minimum Gasteiger partial charge on any atom is -0.308 e. The molecule has 0 aliphatic rings. The fraction of sp³-hybridized carbons (Fsp3) is 1.00. The first kappa shape index (κ1) is 45.7. The molecule has 0 heterocycles. The quantitative estimate of drug-likeness (QED) is 0.0490. The Balaban J connectivity index is 3.70. The van der Waals surface area contributed by atoms with E-state index in [1.165, 1.54) is 167 Å². The van der Waals surface area contributed by atoms with Gasteiger partial charge in [0.15, 0.2) is 0 Å². The van der Waals surface area contributed by atoms with Crippen LogP contribution in [-0.2, 0) is 29.7 Å². The summed E-state index contributed by atoms with van der Waals surface area (Å²) in [4.78, 5) is 18.7. The Morgan fingerprint density at radius 2 is 0.600 bits per heavy atom. The normalized spacial score (nSPS) is 12.4. The van der Waals surface area contributed by atoms with Crippen molar-refractivity contribution >= 4 is 26.3 Å². The number of rotatable bonds is 38. The predicted octanol–water partition coefficient (Wildman–Crippen LogP) is 13.9. The molecule has 0 atom stereocenters. The summed E-state index contributed by atoms with van der Waals surface area (Å²) >= 11 is 5.32. The van der Waals surface area contributed by atoms with Crippen molar-refractivity contribution in [2.24, 2.45) is 0 Å². The van der Waals surface area contributed by atoms with Gasteiger partial charge in [0.2, 0.25) is 0 Å². The van der Waals surface area contributed by atoms with Gasteiger partial charge in [0.25, 0.3) is 0 Å². The lowest BCUT2D eigenvalue weighted by Gasteiger charge is -2.21. The van der Waals surface area contributed by atoms with Gasteiger partial charge in [0.05, 0.1) is 13.2 Å². The van der Waals surface area contributed by atoms with Crippen molar-refractivity contribution in [3.63, 3.8) is 0 Å². The molecule has 0 saturated carbocycles. The van der Waals surface area contributed by atoms with Crippen LogP contribution in [0.4, 0.5) is 0 Å². The Morgan fingerprint density at radius 3 is 0.800 bits per heavy atom. The second kappa shape index (κ2) is 34.5. The lowest BCUT2D eigenvalue weighted by molar-refractivity contribution is 0.176. The molecule has 2 N–H and O–H groups in total. The molecule has 0 unspecified atom stereocenters. The topological polar surface area (TPSA) is 85.2 Å². The molecule has 0 aromatic heterocycles. The van der Waals surface area contributed by atoms with Crippen LogP contribution in [0.5, 0.6) is 0 Å². The van der Waals surface area contributed by atoms with E-state index in [1.807, 2.05) is 0 Å². The van der Waals surface area contributed by atoms with Gasteiger partial charge in [-0.25, -0.2) is 8.88 Å². The van der Waals surface area contributed by atoms with Crippen LogP contribution >= 0.6 is 14.5 Å². The maximum absolute atomic E-state index is 11.5. The van der Waals surface area contributed by atoms with E-state index in [-0.39, 0.29) is 0 Å². The molecule has 0 bridgehead atoms. The van der Waals surface area contributed by atoms with Crippen molar-refractivity contribution in [3.8, 4) is 0 Å². The number of phosphoric acid groups is 1. The first-order chi connectivity index (χ1) is 21.8. The summed E-state index contributed by atoms with van der Waals surface area (Å²) < 4.78 is 27.6. The number of hydrogen-bond acceptors (Lipinski definition) is 5. The minimum absolute atomic E-state index is 0.314. The maximum Gasteiger partial charge on any atom is 0.476 e. The molecule has 0 aliphatic heterocycles. The summed E-state index contributed by atoms with van der Waals surface area (Å²) in [6, 6.07) is 0. The lowest BCUT2D eigenvalue weighted by atomic mass is 10.0. The van der Waals surface area contributed by atoms with E-state index in [9.17, 15) is 14.4 Å². The zero-order valence-electron chi connectivity index (χ0n) is 29.9. The summed E-state index contributed by atoms with van der Waals surface area (Å²) in [6.07, 6.45) is 41.2. The second-order valence-corrected chi connectivity index (χ2v) is 17.7. The van der Waals surface area contributed by atoms with E-state index >= 15 is 0 Å². The fourth-order valence-corrected chi connectivity index (χ4v) is 9.30. The van der Waals surface area contributed by atoms with Crippen molar-refractivity contribution in [1.82, 2.24) is 0 Å². The number of hydrogen-bond donors (Lipinski definition) is 2. The largest absolute Gasteiger partial charge is 0.476 e. The van der Waals surface area contributed by atoms with Crippen molar-refractivity contribution in [2.75, 3.05) is 13.2 Å². The second-order valence-electron chi connectivity index (χ2n) is 13.3. The van der Waals surface area contributed by atoms with Crippen LogP contribution in [-0.4, -0.2) is 23.0 Å². The third-order valence-electron chi connectivity index (χ3n) is 8.70. The van der Waals surface area contributed by atoms with Gasteiger partial charge in [0.1, 0.15) is 0 Å². The molecule has 0 amide bonds. The first-order valence-corrected chi connectivity index (χ1v) is 23.6.